The Labute approximate surface area is 103 Å². The van der Waals surface area contributed by atoms with E-state index in [-0.39, 0.29) is 0 Å². The average molecular weight is 226 g/mol. The van der Waals surface area contributed by atoms with Gasteiger partial charge in [0.05, 0.1) is 6.04 Å². The van der Waals surface area contributed by atoms with Crippen molar-refractivity contribution in [3.8, 4) is 0 Å². The van der Waals surface area contributed by atoms with Crippen LogP contribution in [0.5, 0.6) is 0 Å². The number of benzene rings is 1. The van der Waals surface area contributed by atoms with E-state index in [1.54, 1.807) is 0 Å². The lowest BCUT2D eigenvalue weighted by Gasteiger charge is -2.39. The number of allylic oxidation sites excluding steroid dienone is 2. The van der Waals surface area contributed by atoms with Crippen LogP contribution in [0.3, 0.4) is 0 Å². The van der Waals surface area contributed by atoms with E-state index in [2.05, 4.69) is 58.8 Å². The van der Waals surface area contributed by atoms with Crippen LogP contribution in [0.4, 0.5) is 0 Å². The van der Waals surface area contributed by atoms with Gasteiger partial charge in [0.2, 0.25) is 0 Å². The Kier molecular flexibility index (Phi) is 2.97. The molecule has 1 aromatic rings. The molecule has 1 aliphatic carbocycles. The minimum absolute atomic E-state index is 0.525. The molecule has 1 aliphatic heterocycles. The molecule has 0 radical (unpaired) electrons. The number of hydrogen-bond donors (Lipinski definition) is 1. The standard InChI is InChI=1S/C15H18N2/c1-2-6-13(7-3-1)12-17-11-10-16-14-8-4-5-9-15(14)17/h1-7,9,14,16H,8,10-12H2. The summed E-state index contributed by atoms with van der Waals surface area (Å²) in [5, 5.41) is 3.58. The van der Waals surface area contributed by atoms with Gasteiger partial charge >= 0.3 is 0 Å². The van der Waals surface area contributed by atoms with Crippen LogP contribution in [0.15, 0.2) is 54.3 Å². The monoisotopic (exact) mass is 226 g/mol. The maximum Gasteiger partial charge on any atom is 0.0507 e. The Hall–Kier alpha value is -1.54. The molecule has 0 bridgehead atoms. The van der Waals surface area contributed by atoms with Gasteiger partial charge in [-0.05, 0) is 18.1 Å². The van der Waals surface area contributed by atoms with E-state index in [1.807, 2.05) is 0 Å². The van der Waals surface area contributed by atoms with Crippen molar-refractivity contribution in [2.75, 3.05) is 13.1 Å². The van der Waals surface area contributed by atoms with E-state index >= 15 is 0 Å². The first-order valence-corrected chi connectivity index (χ1v) is 6.32. The smallest absolute Gasteiger partial charge is 0.0507 e. The zero-order valence-electron chi connectivity index (χ0n) is 9.97. The lowest BCUT2D eigenvalue weighted by molar-refractivity contribution is 0.256. The normalized spacial score (nSPS) is 23.2. The van der Waals surface area contributed by atoms with Crippen LogP contribution < -0.4 is 5.32 Å². The molecule has 1 unspecified atom stereocenters. The van der Waals surface area contributed by atoms with Crippen LogP contribution in [0.25, 0.3) is 0 Å². The second kappa shape index (κ2) is 4.76. The largest absolute Gasteiger partial charge is 0.368 e. The van der Waals surface area contributed by atoms with Crippen LogP contribution in [-0.4, -0.2) is 24.0 Å². The van der Waals surface area contributed by atoms with Crippen molar-refractivity contribution in [3.63, 3.8) is 0 Å². The summed E-state index contributed by atoms with van der Waals surface area (Å²) < 4.78 is 0. The van der Waals surface area contributed by atoms with Gasteiger partial charge < -0.3 is 10.2 Å². The molecule has 0 amide bonds. The molecule has 0 saturated carbocycles. The fourth-order valence-electron chi connectivity index (χ4n) is 2.61. The van der Waals surface area contributed by atoms with E-state index in [9.17, 15) is 0 Å². The molecular formula is C15H18N2. The van der Waals surface area contributed by atoms with Crippen molar-refractivity contribution in [2.45, 2.75) is 19.0 Å². The molecule has 2 aliphatic rings. The van der Waals surface area contributed by atoms with E-state index in [0.717, 1.165) is 26.1 Å². The fraction of sp³-hybridized carbons (Fsp3) is 0.333. The third kappa shape index (κ3) is 2.27. The Bertz CT molecular complexity index is 433. The van der Waals surface area contributed by atoms with Gasteiger partial charge in [0.25, 0.3) is 0 Å². The van der Waals surface area contributed by atoms with Gasteiger partial charge in [0.1, 0.15) is 0 Å². The predicted molar refractivity (Wildman–Crippen MR) is 70.5 cm³/mol. The summed E-state index contributed by atoms with van der Waals surface area (Å²) in [6.45, 7) is 3.21. The van der Waals surface area contributed by atoms with Crippen LogP contribution in [0.2, 0.25) is 0 Å². The van der Waals surface area contributed by atoms with Crippen molar-refractivity contribution in [1.82, 2.24) is 10.2 Å². The molecule has 1 atom stereocenters. The average Bonchev–Trinajstić information content (AvgIpc) is 2.40. The van der Waals surface area contributed by atoms with Crippen LogP contribution in [-0.2, 0) is 6.54 Å². The number of nitrogens with one attached hydrogen (secondary N) is 1. The Morgan fingerprint density at radius 1 is 1.24 bits per heavy atom. The summed E-state index contributed by atoms with van der Waals surface area (Å²) in [5.74, 6) is 0. The highest BCUT2D eigenvalue weighted by atomic mass is 15.2. The quantitative estimate of drug-likeness (QED) is 0.832. The maximum atomic E-state index is 3.58. The van der Waals surface area contributed by atoms with Crippen molar-refractivity contribution < 1.29 is 0 Å². The van der Waals surface area contributed by atoms with Crippen LogP contribution >= 0.6 is 0 Å². The molecule has 1 N–H and O–H groups in total. The summed E-state index contributed by atoms with van der Waals surface area (Å²) in [4.78, 5) is 2.50. The summed E-state index contributed by atoms with van der Waals surface area (Å²) in [6.07, 6.45) is 7.80. The van der Waals surface area contributed by atoms with E-state index in [1.165, 1.54) is 11.3 Å². The lowest BCUT2D eigenvalue weighted by Crippen LogP contribution is -2.48. The van der Waals surface area contributed by atoms with E-state index in [0.29, 0.717) is 6.04 Å². The van der Waals surface area contributed by atoms with Gasteiger partial charge in [0, 0.05) is 25.3 Å². The topological polar surface area (TPSA) is 15.3 Å². The number of piperazine rings is 1. The number of hydrogen-bond acceptors (Lipinski definition) is 2. The first-order valence-electron chi connectivity index (χ1n) is 6.32. The van der Waals surface area contributed by atoms with E-state index < -0.39 is 0 Å². The highest BCUT2D eigenvalue weighted by Crippen LogP contribution is 2.22. The highest BCUT2D eigenvalue weighted by Gasteiger charge is 2.24. The summed E-state index contributed by atoms with van der Waals surface area (Å²) in [6, 6.07) is 11.2. The minimum atomic E-state index is 0.525. The molecule has 1 heterocycles. The zero-order chi connectivity index (χ0) is 11.5. The SMILES string of the molecule is C1=CCC2NCCN(Cc3ccccc3)C2=C1. The van der Waals surface area contributed by atoms with Crippen molar-refractivity contribution >= 4 is 0 Å². The molecule has 1 fully saturated rings. The first kappa shape index (κ1) is 10.6. The highest BCUT2D eigenvalue weighted by molar-refractivity contribution is 5.26. The Morgan fingerprint density at radius 2 is 2.12 bits per heavy atom. The second-order valence-corrected chi connectivity index (χ2v) is 4.67. The third-order valence-electron chi connectivity index (χ3n) is 3.49. The zero-order valence-corrected chi connectivity index (χ0v) is 9.97. The molecule has 1 saturated heterocycles. The first-order chi connectivity index (χ1) is 8.43. The number of fused-ring (bicyclic) bond motifs is 1. The van der Waals surface area contributed by atoms with Gasteiger partial charge in [-0.1, -0.05) is 42.5 Å². The van der Waals surface area contributed by atoms with Crippen molar-refractivity contribution in [1.29, 1.82) is 0 Å². The summed E-state index contributed by atoms with van der Waals surface area (Å²) in [7, 11) is 0. The third-order valence-corrected chi connectivity index (χ3v) is 3.49. The molecule has 1 aromatic carbocycles. The van der Waals surface area contributed by atoms with Crippen LogP contribution in [0, 0.1) is 0 Å². The summed E-state index contributed by atoms with van der Waals surface area (Å²) >= 11 is 0. The number of rotatable bonds is 2. The maximum absolute atomic E-state index is 3.58. The lowest BCUT2D eigenvalue weighted by atomic mass is 10.0. The Morgan fingerprint density at radius 3 is 3.00 bits per heavy atom. The van der Waals surface area contributed by atoms with Gasteiger partial charge in [-0.3, -0.25) is 0 Å². The Balaban J connectivity index is 1.78. The molecular weight excluding hydrogens is 208 g/mol. The van der Waals surface area contributed by atoms with Crippen molar-refractivity contribution in [3.05, 3.63) is 59.8 Å². The number of nitrogens with zero attached hydrogens (tertiary/aromatic N) is 1. The van der Waals surface area contributed by atoms with E-state index in [4.69, 9.17) is 0 Å². The molecule has 3 rings (SSSR count). The fourth-order valence-corrected chi connectivity index (χ4v) is 2.61. The minimum Gasteiger partial charge on any atom is -0.368 e. The molecule has 2 nitrogen and oxygen atoms in total. The summed E-state index contributed by atoms with van der Waals surface area (Å²) in [5.41, 5.74) is 2.84. The van der Waals surface area contributed by atoms with Crippen LogP contribution in [0.1, 0.15) is 12.0 Å². The van der Waals surface area contributed by atoms with Crippen molar-refractivity contribution in [2.24, 2.45) is 0 Å². The molecule has 0 aromatic heterocycles. The van der Waals surface area contributed by atoms with Gasteiger partial charge in [-0.25, -0.2) is 0 Å². The second-order valence-electron chi connectivity index (χ2n) is 4.67. The van der Waals surface area contributed by atoms with Gasteiger partial charge in [-0.2, -0.15) is 0 Å². The van der Waals surface area contributed by atoms with Gasteiger partial charge in [-0.15, -0.1) is 0 Å². The molecule has 0 spiro atoms. The van der Waals surface area contributed by atoms with Gasteiger partial charge in [0.15, 0.2) is 0 Å². The molecule has 2 heteroatoms. The molecule has 88 valence electrons. The molecule has 17 heavy (non-hydrogen) atoms. The predicted octanol–water partition coefficient (Wildman–Crippen LogP) is 2.30.